The number of nitro groups is 1. The molecule has 0 fully saturated rings. The number of rotatable bonds is 4. The minimum atomic E-state index is -2.56. The zero-order valence-corrected chi connectivity index (χ0v) is 20.1. The topological polar surface area (TPSA) is 149 Å². The van der Waals surface area contributed by atoms with Crippen LogP contribution < -0.4 is 10.1 Å². The molecule has 1 aliphatic heterocycles. The quantitative estimate of drug-likeness (QED) is 0.321. The van der Waals surface area contributed by atoms with Gasteiger partial charge in [-0.3, -0.25) is 19.7 Å². The summed E-state index contributed by atoms with van der Waals surface area (Å²) in [5.41, 5.74) is -0.907. The third-order valence-electron chi connectivity index (χ3n) is 7.21. The highest BCUT2D eigenvalue weighted by Gasteiger charge is 2.73. The molecule has 2 unspecified atom stereocenters. The van der Waals surface area contributed by atoms with Crippen molar-refractivity contribution in [1.29, 1.82) is 0 Å². The van der Waals surface area contributed by atoms with E-state index in [1.54, 1.807) is 31.2 Å². The van der Waals surface area contributed by atoms with Crippen LogP contribution in [0.3, 0.4) is 0 Å². The first-order valence-electron chi connectivity index (χ1n) is 11.6. The van der Waals surface area contributed by atoms with Gasteiger partial charge in [-0.25, -0.2) is 9.50 Å². The number of carbonyl (C=O) groups excluding carboxylic acids is 2. The number of hydrogen-bond donors (Lipinski definition) is 2. The molecule has 6 rings (SSSR count). The van der Waals surface area contributed by atoms with Crippen molar-refractivity contribution in [2.75, 3.05) is 0 Å². The highest BCUT2D eigenvalue weighted by atomic mass is 16.6. The average molecular weight is 499 g/mol. The van der Waals surface area contributed by atoms with Crippen molar-refractivity contribution >= 4 is 23.0 Å². The van der Waals surface area contributed by atoms with Crippen LogP contribution in [0.1, 0.15) is 62.9 Å². The molecule has 0 saturated heterocycles. The van der Waals surface area contributed by atoms with Crippen molar-refractivity contribution in [3.05, 3.63) is 98.5 Å². The van der Waals surface area contributed by atoms with Crippen molar-refractivity contribution < 1.29 is 24.4 Å². The minimum Gasteiger partial charge on any atom is -0.454 e. The van der Waals surface area contributed by atoms with Gasteiger partial charge in [-0.05, 0) is 24.5 Å². The van der Waals surface area contributed by atoms with Crippen LogP contribution in [-0.2, 0) is 11.3 Å². The Morgan fingerprint density at radius 3 is 2.76 bits per heavy atom. The molecular formula is C26H21N5O6. The number of amides is 1. The van der Waals surface area contributed by atoms with Crippen LogP contribution in [0.5, 0.6) is 5.75 Å². The summed E-state index contributed by atoms with van der Waals surface area (Å²) in [6.45, 7) is 5.61. The normalized spacial score (nSPS) is 21.5. The van der Waals surface area contributed by atoms with E-state index >= 15 is 0 Å². The number of hydrogen-bond acceptors (Lipinski definition) is 8. The summed E-state index contributed by atoms with van der Waals surface area (Å²) in [6, 6.07) is 10.7. The first-order valence-corrected chi connectivity index (χ1v) is 11.6. The molecule has 37 heavy (non-hydrogen) atoms. The molecule has 1 aliphatic carbocycles. The third-order valence-corrected chi connectivity index (χ3v) is 7.21. The van der Waals surface area contributed by atoms with E-state index in [0.717, 1.165) is 5.56 Å². The van der Waals surface area contributed by atoms with Gasteiger partial charge in [0.2, 0.25) is 11.3 Å². The fourth-order valence-electron chi connectivity index (χ4n) is 5.33. The fraction of sp³-hybridized carbons (Fsp3) is 0.231. The SMILES string of the molecule is Cc1c(C(=O)NC23C(=O)c4cccc([N+](=O)[O-])c4C2(O)Oc2cc(C(C)C)ccc23)cnc2ccnn12. The van der Waals surface area contributed by atoms with E-state index < -0.39 is 33.6 Å². The van der Waals surface area contributed by atoms with E-state index in [9.17, 15) is 24.8 Å². The Balaban J connectivity index is 1.58. The van der Waals surface area contributed by atoms with Crippen LogP contribution >= 0.6 is 0 Å². The summed E-state index contributed by atoms with van der Waals surface area (Å²) < 4.78 is 7.48. The van der Waals surface area contributed by atoms with E-state index in [1.807, 2.05) is 13.8 Å². The Bertz CT molecular complexity index is 1680. The Hall–Kier alpha value is -4.64. The Kier molecular flexibility index (Phi) is 4.58. The average Bonchev–Trinajstić information content (AvgIpc) is 3.49. The lowest BCUT2D eigenvalue weighted by Crippen LogP contribution is -2.60. The van der Waals surface area contributed by atoms with Crippen LogP contribution in [0.4, 0.5) is 5.69 Å². The summed E-state index contributed by atoms with van der Waals surface area (Å²) >= 11 is 0. The molecule has 1 amide bonds. The standard InChI is InChI=1S/C26H21N5O6/c1-13(2)15-7-8-18-20(11-15)37-26(34)22-16(5-4-6-19(22)31(35)36)23(32)25(18,26)29-24(33)17-12-27-21-9-10-28-30(21)14(17)3/h4-13,34H,1-3H3,(H,29,33). The second kappa shape index (κ2) is 7.43. The number of nitrogens with one attached hydrogen (secondary N) is 1. The van der Waals surface area contributed by atoms with Gasteiger partial charge in [0.15, 0.2) is 5.65 Å². The molecule has 2 aromatic carbocycles. The summed E-state index contributed by atoms with van der Waals surface area (Å²) in [6.07, 6.45) is 2.89. The smallest absolute Gasteiger partial charge is 0.280 e. The summed E-state index contributed by atoms with van der Waals surface area (Å²) in [7, 11) is 0. The first kappa shape index (κ1) is 22.8. The van der Waals surface area contributed by atoms with Crippen molar-refractivity contribution in [3.8, 4) is 5.75 Å². The van der Waals surface area contributed by atoms with Gasteiger partial charge in [0.25, 0.3) is 17.4 Å². The van der Waals surface area contributed by atoms with Crippen LogP contribution in [0.25, 0.3) is 5.65 Å². The number of ether oxygens (including phenoxy) is 1. The van der Waals surface area contributed by atoms with Crippen LogP contribution in [-0.4, -0.2) is 36.3 Å². The molecule has 0 saturated carbocycles. The first-order chi connectivity index (χ1) is 17.6. The number of Topliss-reactive ketones (excluding diaryl/α,β-unsaturated/α-hetero) is 1. The van der Waals surface area contributed by atoms with E-state index in [2.05, 4.69) is 15.4 Å². The summed E-state index contributed by atoms with van der Waals surface area (Å²) in [5.74, 6) is -3.75. The zero-order valence-electron chi connectivity index (χ0n) is 20.1. The molecule has 2 aromatic heterocycles. The number of nitrogens with zero attached hydrogens (tertiary/aromatic N) is 4. The Morgan fingerprint density at radius 1 is 1.24 bits per heavy atom. The predicted octanol–water partition coefficient (Wildman–Crippen LogP) is 3.13. The van der Waals surface area contributed by atoms with Gasteiger partial charge in [0.05, 0.1) is 22.4 Å². The maximum absolute atomic E-state index is 14.1. The van der Waals surface area contributed by atoms with Gasteiger partial charge in [-0.15, -0.1) is 0 Å². The highest BCUT2D eigenvalue weighted by molar-refractivity contribution is 6.14. The molecule has 0 radical (unpaired) electrons. The van der Waals surface area contributed by atoms with Gasteiger partial charge >= 0.3 is 0 Å². The molecule has 186 valence electrons. The number of nitro benzene ring substituents is 1. The van der Waals surface area contributed by atoms with Crippen molar-refractivity contribution in [2.45, 2.75) is 38.0 Å². The van der Waals surface area contributed by atoms with Crippen LogP contribution in [0, 0.1) is 17.0 Å². The highest BCUT2D eigenvalue weighted by Crippen LogP contribution is 2.60. The van der Waals surface area contributed by atoms with Gasteiger partial charge in [0, 0.05) is 29.5 Å². The summed E-state index contributed by atoms with van der Waals surface area (Å²) in [5, 5.41) is 30.9. The van der Waals surface area contributed by atoms with Gasteiger partial charge < -0.3 is 15.2 Å². The lowest BCUT2D eigenvalue weighted by Gasteiger charge is -2.34. The summed E-state index contributed by atoms with van der Waals surface area (Å²) in [4.78, 5) is 43.3. The molecule has 2 atom stereocenters. The Labute approximate surface area is 209 Å². The molecule has 11 nitrogen and oxygen atoms in total. The molecule has 2 aliphatic rings. The van der Waals surface area contributed by atoms with E-state index in [0.29, 0.717) is 11.3 Å². The van der Waals surface area contributed by atoms with Crippen molar-refractivity contribution in [1.82, 2.24) is 19.9 Å². The third kappa shape index (κ3) is 2.79. The number of aryl methyl sites for hydroxylation is 1. The molecule has 3 heterocycles. The lowest BCUT2D eigenvalue weighted by atomic mass is 9.82. The molecule has 11 heteroatoms. The van der Waals surface area contributed by atoms with Crippen LogP contribution in [0.2, 0.25) is 0 Å². The maximum atomic E-state index is 14.1. The fourth-order valence-corrected chi connectivity index (χ4v) is 5.33. The number of carbonyl (C=O) groups is 2. The number of fused-ring (bicyclic) bond motifs is 6. The monoisotopic (exact) mass is 499 g/mol. The van der Waals surface area contributed by atoms with Crippen molar-refractivity contribution in [2.24, 2.45) is 0 Å². The second-order valence-electron chi connectivity index (χ2n) is 9.50. The van der Waals surface area contributed by atoms with Crippen molar-refractivity contribution in [3.63, 3.8) is 0 Å². The predicted molar refractivity (Wildman–Crippen MR) is 129 cm³/mol. The van der Waals surface area contributed by atoms with Gasteiger partial charge in [-0.1, -0.05) is 38.1 Å². The Morgan fingerprint density at radius 2 is 2.03 bits per heavy atom. The largest absolute Gasteiger partial charge is 0.454 e. The van der Waals surface area contributed by atoms with E-state index in [4.69, 9.17) is 4.74 Å². The number of benzene rings is 2. The molecular weight excluding hydrogens is 478 g/mol. The van der Waals surface area contributed by atoms with Gasteiger partial charge in [0.1, 0.15) is 11.3 Å². The zero-order chi connectivity index (χ0) is 26.3. The number of ketones is 1. The lowest BCUT2D eigenvalue weighted by molar-refractivity contribution is -0.388. The van der Waals surface area contributed by atoms with E-state index in [-0.39, 0.29) is 33.9 Å². The minimum absolute atomic E-state index is 0.0985. The van der Waals surface area contributed by atoms with Crippen LogP contribution in [0.15, 0.2) is 54.9 Å². The van der Waals surface area contributed by atoms with Gasteiger partial charge in [-0.2, -0.15) is 5.10 Å². The molecule has 4 aromatic rings. The number of aromatic nitrogens is 3. The maximum Gasteiger partial charge on any atom is 0.280 e. The molecule has 0 spiro atoms. The molecule has 2 N–H and O–H groups in total. The number of aliphatic hydroxyl groups is 1. The molecule has 0 bridgehead atoms. The second-order valence-corrected chi connectivity index (χ2v) is 9.50. The van der Waals surface area contributed by atoms with E-state index in [1.165, 1.54) is 35.1 Å².